The van der Waals surface area contributed by atoms with Crippen LogP contribution in [-0.4, -0.2) is 35.8 Å². The Morgan fingerprint density at radius 2 is 2.14 bits per heavy atom. The second-order valence-corrected chi connectivity index (χ2v) is 7.49. The Hall–Kier alpha value is -3.20. The number of aromatic nitrogens is 2. The van der Waals surface area contributed by atoms with Gasteiger partial charge in [-0.1, -0.05) is 0 Å². The van der Waals surface area contributed by atoms with Crippen LogP contribution in [0, 0.1) is 13.8 Å². The molecule has 2 N–H and O–H groups in total. The molecule has 3 rings (SSSR count). The first kappa shape index (κ1) is 20.5. The third-order valence-corrected chi connectivity index (χ3v) is 5.41. The van der Waals surface area contributed by atoms with Crippen molar-refractivity contribution in [2.24, 2.45) is 5.10 Å². The van der Waals surface area contributed by atoms with Gasteiger partial charge in [0.05, 0.1) is 31.7 Å². The predicted octanol–water partition coefficient (Wildman–Crippen LogP) is 2.70. The van der Waals surface area contributed by atoms with Gasteiger partial charge in [-0.2, -0.15) is 5.10 Å². The van der Waals surface area contributed by atoms with E-state index in [1.54, 1.807) is 25.3 Å². The lowest BCUT2D eigenvalue weighted by Gasteiger charge is -2.09. The molecule has 0 aliphatic heterocycles. The van der Waals surface area contributed by atoms with Crippen molar-refractivity contribution in [3.05, 3.63) is 50.4 Å². The monoisotopic (exact) mass is 414 g/mol. The van der Waals surface area contributed by atoms with Gasteiger partial charge in [-0.3, -0.25) is 9.59 Å². The number of ether oxygens (including phenoxy) is 2. The number of methoxy groups -OCH3 is 1. The third kappa shape index (κ3) is 4.62. The van der Waals surface area contributed by atoms with E-state index in [-0.39, 0.29) is 17.9 Å². The summed E-state index contributed by atoms with van der Waals surface area (Å²) in [6.45, 7) is 6.22. The molecule has 0 bridgehead atoms. The van der Waals surface area contributed by atoms with Crippen molar-refractivity contribution < 1.29 is 14.3 Å². The lowest BCUT2D eigenvalue weighted by atomic mass is 10.2. The number of carbonyl (C=O) groups excluding carboxylic acids is 1. The molecule has 8 nitrogen and oxygen atoms in total. The van der Waals surface area contributed by atoms with Crippen LogP contribution in [0.2, 0.25) is 0 Å². The first-order chi connectivity index (χ1) is 13.9. The van der Waals surface area contributed by atoms with Gasteiger partial charge in [0.2, 0.25) is 5.91 Å². The van der Waals surface area contributed by atoms with Crippen molar-refractivity contribution in [1.29, 1.82) is 0 Å². The zero-order valence-electron chi connectivity index (χ0n) is 16.7. The number of fused-ring (bicyclic) bond motifs is 1. The number of nitrogens with zero attached hydrogens (tertiary/aromatic N) is 2. The minimum Gasteiger partial charge on any atom is -0.493 e. The molecule has 2 heterocycles. The summed E-state index contributed by atoms with van der Waals surface area (Å²) in [7, 11) is 1.57. The molecular weight excluding hydrogens is 392 g/mol. The van der Waals surface area contributed by atoms with Crippen molar-refractivity contribution in [2.75, 3.05) is 13.7 Å². The number of aromatic amines is 1. The van der Waals surface area contributed by atoms with E-state index < -0.39 is 0 Å². The van der Waals surface area contributed by atoms with Gasteiger partial charge in [0.1, 0.15) is 10.7 Å². The van der Waals surface area contributed by atoms with Gasteiger partial charge in [0.25, 0.3) is 5.56 Å². The van der Waals surface area contributed by atoms with Crippen LogP contribution in [0.1, 0.15) is 28.8 Å². The summed E-state index contributed by atoms with van der Waals surface area (Å²) in [5.41, 5.74) is 3.88. The molecule has 1 aromatic carbocycles. The van der Waals surface area contributed by atoms with E-state index in [1.165, 1.54) is 17.6 Å². The van der Waals surface area contributed by atoms with E-state index in [0.29, 0.717) is 34.1 Å². The smallest absolute Gasteiger partial charge is 0.259 e. The molecule has 0 saturated carbocycles. The number of H-pyrrole nitrogens is 1. The fourth-order valence-corrected chi connectivity index (χ4v) is 3.84. The second kappa shape index (κ2) is 8.87. The van der Waals surface area contributed by atoms with Crippen molar-refractivity contribution >= 4 is 33.7 Å². The molecule has 0 radical (unpaired) electrons. The second-order valence-electron chi connectivity index (χ2n) is 6.29. The number of hydrazone groups is 1. The highest BCUT2D eigenvalue weighted by atomic mass is 32.1. The maximum Gasteiger partial charge on any atom is 0.259 e. The van der Waals surface area contributed by atoms with Crippen LogP contribution in [0.25, 0.3) is 10.2 Å². The largest absolute Gasteiger partial charge is 0.493 e. The summed E-state index contributed by atoms with van der Waals surface area (Å²) >= 11 is 1.44. The van der Waals surface area contributed by atoms with E-state index in [4.69, 9.17) is 9.47 Å². The van der Waals surface area contributed by atoms with Crippen LogP contribution in [0.3, 0.4) is 0 Å². The molecular formula is C20H22N4O4S. The van der Waals surface area contributed by atoms with Crippen LogP contribution in [0.4, 0.5) is 0 Å². The van der Waals surface area contributed by atoms with Gasteiger partial charge < -0.3 is 14.5 Å². The molecule has 2 aromatic heterocycles. The van der Waals surface area contributed by atoms with Gasteiger partial charge in [-0.25, -0.2) is 10.4 Å². The molecule has 3 aromatic rings. The lowest BCUT2D eigenvalue weighted by molar-refractivity contribution is -0.120. The highest BCUT2D eigenvalue weighted by Crippen LogP contribution is 2.27. The van der Waals surface area contributed by atoms with Gasteiger partial charge in [0, 0.05) is 4.88 Å². The average Bonchev–Trinajstić information content (AvgIpc) is 2.96. The first-order valence-electron chi connectivity index (χ1n) is 9.04. The lowest BCUT2D eigenvalue weighted by Crippen LogP contribution is -2.23. The predicted molar refractivity (Wildman–Crippen MR) is 113 cm³/mol. The average molecular weight is 414 g/mol. The topological polar surface area (TPSA) is 106 Å². The molecule has 0 fully saturated rings. The Morgan fingerprint density at radius 3 is 2.86 bits per heavy atom. The van der Waals surface area contributed by atoms with Gasteiger partial charge in [-0.15, -0.1) is 11.3 Å². The van der Waals surface area contributed by atoms with Crippen LogP contribution >= 0.6 is 11.3 Å². The van der Waals surface area contributed by atoms with E-state index >= 15 is 0 Å². The Morgan fingerprint density at radius 1 is 1.34 bits per heavy atom. The van der Waals surface area contributed by atoms with E-state index in [2.05, 4.69) is 20.5 Å². The number of rotatable bonds is 7. The highest BCUT2D eigenvalue weighted by molar-refractivity contribution is 7.18. The van der Waals surface area contributed by atoms with E-state index in [0.717, 1.165) is 16.0 Å². The summed E-state index contributed by atoms with van der Waals surface area (Å²) in [6, 6.07) is 5.33. The summed E-state index contributed by atoms with van der Waals surface area (Å²) < 4.78 is 10.8. The van der Waals surface area contributed by atoms with Crippen molar-refractivity contribution in [3.8, 4) is 11.5 Å². The zero-order valence-corrected chi connectivity index (χ0v) is 17.5. The molecule has 0 spiro atoms. The van der Waals surface area contributed by atoms with Crippen LogP contribution < -0.4 is 20.5 Å². The summed E-state index contributed by atoms with van der Waals surface area (Å²) in [6.07, 6.45) is 1.43. The number of hydrogen-bond donors (Lipinski definition) is 2. The standard InChI is InChI=1S/C20H22N4O4S/c1-5-28-15-8-13(6-7-14(15)27-4)10-21-24-17(25)9-16-22-19(26)18-11(2)12(3)29-20(18)23-16/h6-8,10H,5,9H2,1-4H3,(H,24,25)(H,22,23,26)/b21-10-. The number of benzene rings is 1. The Bertz CT molecular complexity index is 1130. The number of thiophene rings is 1. The minimum absolute atomic E-state index is 0.0781. The summed E-state index contributed by atoms with van der Waals surface area (Å²) in [5.74, 6) is 1.14. The van der Waals surface area contributed by atoms with Crippen LogP contribution in [0.15, 0.2) is 28.1 Å². The molecule has 0 aliphatic carbocycles. The Kier molecular flexibility index (Phi) is 6.28. The SMILES string of the molecule is CCOc1cc(/C=N\NC(=O)Cc2nc3sc(C)c(C)c3c(=O)[nH]2)ccc1OC. The van der Waals surface area contributed by atoms with E-state index in [1.807, 2.05) is 20.8 Å². The Balaban J connectivity index is 1.68. The molecule has 0 saturated heterocycles. The minimum atomic E-state index is -0.382. The third-order valence-electron chi connectivity index (χ3n) is 4.31. The van der Waals surface area contributed by atoms with E-state index in [9.17, 15) is 9.59 Å². The summed E-state index contributed by atoms with van der Waals surface area (Å²) in [5, 5.41) is 4.54. The number of aryl methyl sites for hydroxylation is 2. The molecule has 152 valence electrons. The Labute approximate surface area is 171 Å². The maximum absolute atomic E-state index is 12.3. The van der Waals surface area contributed by atoms with Crippen molar-refractivity contribution in [1.82, 2.24) is 15.4 Å². The highest BCUT2D eigenvalue weighted by Gasteiger charge is 2.13. The normalized spacial score (nSPS) is 11.2. The maximum atomic E-state index is 12.3. The number of nitrogens with one attached hydrogen (secondary N) is 2. The molecule has 29 heavy (non-hydrogen) atoms. The number of amides is 1. The van der Waals surface area contributed by atoms with Gasteiger partial charge in [-0.05, 0) is 50.1 Å². The van der Waals surface area contributed by atoms with Gasteiger partial charge in [0.15, 0.2) is 11.5 Å². The quantitative estimate of drug-likeness (QED) is 0.457. The molecule has 1 amide bonds. The first-order valence-corrected chi connectivity index (χ1v) is 9.86. The van der Waals surface area contributed by atoms with Crippen LogP contribution in [-0.2, 0) is 11.2 Å². The fraction of sp³-hybridized carbons (Fsp3) is 0.300. The molecule has 0 aliphatic rings. The molecule has 9 heteroatoms. The zero-order chi connectivity index (χ0) is 21.0. The summed E-state index contributed by atoms with van der Waals surface area (Å²) in [4.78, 5) is 33.2. The number of hydrogen-bond acceptors (Lipinski definition) is 7. The fourth-order valence-electron chi connectivity index (χ4n) is 2.80. The van der Waals surface area contributed by atoms with Crippen LogP contribution in [0.5, 0.6) is 11.5 Å². The molecule has 0 atom stereocenters. The van der Waals surface area contributed by atoms with Gasteiger partial charge >= 0.3 is 0 Å². The molecule has 0 unspecified atom stereocenters. The van der Waals surface area contributed by atoms with Crippen molar-refractivity contribution in [3.63, 3.8) is 0 Å². The number of carbonyl (C=O) groups is 1. The van der Waals surface area contributed by atoms with Crippen molar-refractivity contribution in [2.45, 2.75) is 27.2 Å².